The van der Waals surface area contributed by atoms with Gasteiger partial charge in [0.25, 0.3) is 5.91 Å². The Morgan fingerprint density at radius 2 is 2.00 bits per heavy atom. The zero-order valence-electron chi connectivity index (χ0n) is 14.0. The van der Waals surface area contributed by atoms with Crippen molar-refractivity contribution in [3.63, 3.8) is 0 Å². The second kappa shape index (κ2) is 6.61. The lowest BCUT2D eigenvalue weighted by atomic mass is 10.1. The van der Waals surface area contributed by atoms with Gasteiger partial charge >= 0.3 is 0 Å². The van der Waals surface area contributed by atoms with E-state index in [1.54, 1.807) is 32.2 Å². The Morgan fingerprint density at radius 3 is 2.68 bits per heavy atom. The van der Waals surface area contributed by atoms with Gasteiger partial charge in [0.1, 0.15) is 5.75 Å². The lowest BCUT2D eigenvalue weighted by Gasteiger charge is -2.36. The molecule has 130 valence electrons. The number of fused-ring (bicyclic) bond motifs is 1. The highest BCUT2D eigenvalue weighted by molar-refractivity contribution is 8.02. The highest BCUT2D eigenvalue weighted by Gasteiger charge is 2.48. The Hall–Kier alpha value is -2.18. The van der Waals surface area contributed by atoms with Gasteiger partial charge in [-0.15, -0.1) is 0 Å². The largest absolute Gasteiger partial charge is 0.495 e. The molecular weight excluding hydrogens is 360 g/mol. The highest BCUT2D eigenvalue weighted by atomic mass is 35.5. The molecule has 0 fully saturated rings. The van der Waals surface area contributed by atoms with Crippen molar-refractivity contribution in [2.45, 2.75) is 16.6 Å². The number of carbonyl (C=O) groups is 2. The van der Waals surface area contributed by atoms with Crippen molar-refractivity contribution in [2.24, 2.45) is 0 Å². The van der Waals surface area contributed by atoms with E-state index >= 15 is 0 Å². The molecule has 2 amide bonds. The van der Waals surface area contributed by atoms with Crippen LogP contribution in [0.1, 0.15) is 6.92 Å². The molecule has 1 heterocycles. The SMILES string of the molecule is COc1ccc(NC(=O)C2(C)Sc3ccccc3N(C)C2=O)cc1Cl. The normalized spacial score (nSPS) is 19.4. The van der Waals surface area contributed by atoms with E-state index in [0.717, 1.165) is 10.6 Å². The Morgan fingerprint density at radius 1 is 1.28 bits per heavy atom. The summed E-state index contributed by atoms with van der Waals surface area (Å²) in [4.78, 5) is 28.1. The molecule has 1 atom stereocenters. The summed E-state index contributed by atoms with van der Waals surface area (Å²) < 4.78 is 3.83. The van der Waals surface area contributed by atoms with Crippen molar-refractivity contribution in [1.82, 2.24) is 0 Å². The topological polar surface area (TPSA) is 58.6 Å². The summed E-state index contributed by atoms with van der Waals surface area (Å²) in [6.07, 6.45) is 0. The van der Waals surface area contributed by atoms with E-state index in [9.17, 15) is 9.59 Å². The number of rotatable bonds is 3. The third kappa shape index (κ3) is 3.07. The van der Waals surface area contributed by atoms with Crippen molar-refractivity contribution in [1.29, 1.82) is 0 Å². The second-order valence-corrected chi connectivity index (χ2v) is 7.64. The van der Waals surface area contributed by atoms with Gasteiger partial charge in [-0.05, 0) is 37.3 Å². The van der Waals surface area contributed by atoms with Gasteiger partial charge in [0.05, 0.1) is 17.8 Å². The quantitative estimate of drug-likeness (QED) is 0.827. The molecule has 1 aliphatic rings. The maximum atomic E-state index is 12.9. The number of methoxy groups -OCH3 is 1. The number of benzene rings is 2. The van der Waals surface area contributed by atoms with Gasteiger partial charge in [-0.25, -0.2) is 0 Å². The fraction of sp³-hybridized carbons (Fsp3) is 0.222. The van der Waals surface area contributed by atoms with Crippen molar-refractivity contribution in [3.8, 4) is 5.75 Å². The minimum atomic E-state index is -1.27. The summed E-state index contributed by atoms with van der Waals surface area (Å²) in [5.74, 6) is -0.152. The molecule has 1 aliphatic heterocycles. The van der Waals surface area contributed by atoms with Crippen LogP contribution in [0.4, 0.5) is 11.4 Å². The minimum Gasteiger partial charge on any atom is -0.495 e. The number of para-hydroxylation sites is 1. The summed E-state index contributed by atoms with van der Waals surface area (Å²) in [6, 6.07) is 12.5. The van der Waals surface area contributed by atoms with Gasteiger partial charge in [-0.3, -0.25) is 9.59 Å². The monoisotopic (exact) mass is 376 g/mol. The zero-order chi connectivity index (χ0) is 18.2. The average Bonchev–Trinajstić information content (AvgIpc) is 2.60. The summed E-state index contributed by atoms with van der Waals surface area (Å²) in [5.41, 5.74) is 1.31. The van der Waals surface area contributed by atoms with Crippen LogP contribution in [0, 0.1) is 0 Å². The lowest BCUT2D eigenvalue weighted by Crippen LogP contribution is -2.53. The Balaban J connectivity index is 1.89. The number of halogens is 1. The summed E-state index contributed by atoms with van der Waals surface area (Å²) >= 11 is 7.34. The van der Waals surface area contributed by atoms with Crippen LogP contribution in [0.2, 0.25) is 5.02 Å². The summed E-state index contributed by atoms with van der Waals surface area (Å²) in [6.45, 7) is 1.63. The van der Waals surface area contributed by atoms with E-state index in [0.29, 0.717) is 16.5 Å². The van der Waals surface area contributed by atoms with Crippen LogP contribution >= 0.6 is 23.4 Å². The number of anilines is 2. The van der Waals surface area contributed by atoms with Crippen LogP contribution in [0.3, 0.4) is 0 Å². The van der Waals surface area contributed by atoms with Gasteiger partial charge in [-0.2, -0.15) is 0 Å². The average molecular weight is 377 g/mol. The van der Waals surface area contributed by atoms with E-state index in [-0.39, 0.29) is 5.91 Å². The van der Waals surface area contributed by atoms with E-state index in [2.05, 4.69) is 5.32 Å². The number of hydrogen-bond acceptors (Lipinski definition) is 4. The fourth-order valence-electron chi connectivity index (χ4n) is 2.65. The molecule has 5 nitrogen and oxygen atoms in total. The van der Waals surface area contributed by atoms with Crippen LogP contribution in [0.15, 0.2) is 47.4 Å². The third-order valence-corrected chi connectivity index (χ3v) is 5.73. The first-order valence-corrected chi connectivity index (χ1v) is 8.77. The van der Waals surface area contributed by atoms with Crippen molar-refractivity contribution in [2.75, 3.05) is 24.4 Å². The van der Waals surface area contributed by atoms with Crippen LogP contribution in [-0.4, -0.2) is 30.7 Å². The predicted octanol–water partition coefficient (Wildman–Crippen LogP) is 3.81. The van der Waals surface area contributed by atoms with E-state index < -0.39 is 10.7 Å². The van der Waals surface area contributed by atoms with Crippen LogP contribution in [0.5, 0.6) is 5.75 Å². The highest BCUT2D eigenvalue weighted by Crippen LogP contribution is 2.45. The number of thioether (sulfide) groups is 1. The molecule has 3 rings (SSSR count). The van der Waals surface area contributed by atoms with Crippen LogP contribution in [0.25, 0.3) is 0 Å². The Kier molecular flexibility index (Phi) is 4.67. The van der Waals surface area contributed by atoms with Gasteiger partial charge in [0.15, 0.2) is 4.75 Å². The molecule has 0 saturated carbocycles. The second-order valence-electron chi connectivity index (χ2n) is 5.77. The fourth-order valence-corrected chi connectivity index (χ4v) is 4.17. The molecule has 0 saturated heterocycles. The molecule has 7 heteroatoms. The lowest BCUT2D eigenvalue weighted by molar-refractivity contribution is -0.128. The number of hydrogen-bond donors (Lipinski definition) is 1. The predicted molar refractivity (Wildman–Crippen MR) is 101 cm³/mol. The first-order chi connectivity index (χ1) is 11.9. The van der Waals surface area contributed by atoms with Gasteiger partial charge < -0.3 is 15.0 Å². The number of nitrogens with zero attached hydrogens (tertiary/aromatic N) is 1. The summed E-state index contributed by atoms with van der Waals surface area (Å²) in [7, 11) is 3.20. The molecule has 0 aromatic heterocycles. The number of carbonyl (C=O) groups excluding carboxylic acids is 2. The molecule has 0 spiro atoms. The maximum absolute atomic E-state index is 12.9. The van der Waals surface area contributed by atoms with Gasteiger partial charge in [0, 0.05) is 17.6 Å². The number of nitrogens with one attached hydrogen (secondary N) is 1. The summed E-state index contributed by atoms with van der Waals surface area (Å²) in [5, 5.41) is 3.16. The van der Waals surface area contributed by atoms with Crippen molar-refractivity contribution < 1.29 is 14.3 Å². The van der Waals surface area contributed by atoms with Gasteiger partial charge in [-0.1, -0.05) is 35.5 Å². The van der Waals surface area contributed by atoms with E-state index in [1.807, 2.05) is 24.3 Å². The van der Waals surface area contributed by atoms with Gasteiger partial charge in [0.2, 0.25) is 5.91 Å². The first kappa shape index (κ1) is 17.6. The third-order valence-electron chi connectivity index (χ3n) is 4.10. The molecule has 0 aliphatic carbocycles. The first-order valence-electron chi connectivity index (χ1n) is 7.58. The Labute approximate surface area is 155 Å². The molecular formula is C18H17ClN2O3S. The Bertz CT molecular complexity index is 858. The molecule has 2 aromatic carbocycles. The standard InChI is InChI=1S/C18H17ClN2O3S/c1-18(16(22)20-11-8-9-14(24-3)12(19)10-11)17(23)21(2)13-6-4-5-7-15(13)25-18/h4-10H,1-3H3,(H,20,22). The smallest absolute Gasteiger partial charge is 0.252 e. The molecule has 25 heavy (non-hydrogen) atoms. The van der Waals surface area contributed by atoms with Crippen LogP contribution < -0.4 is 15.0 Å². The molecule has 0 radical (unpaired) electrons. The minimum absolute atomic E-state index is 0.270. The van der Waals surface area contributed by atoms with E-state index in [4.69, 9.17) is 16.3 Å². The molecule has 1 N–H and O–H groups in total. The maximum Gasteiger partial charge on any atom is 0.252 e. The number of ether oxygens (including phenoxy) is 1. The van der Waals surface area contributed by atoms with E-state index in [1.165, 1.54) is 23.8 Å². The zero-order valence-corrected chi connectivity index (χ0v) is 15.6. The van der Waals surface area contributed by atoms with Crippen molar-refractivity contribution in [3.05, 3.63) is 47.5 Å². The molecule has 0 bridgehead atoms. The van der Waals surface area contributed by atoms with Crippen molar-refractivity contribution >= 4 is 46.6 Å². The molecule has 1 unspecified atom stereocenters. The number of amides is 2. The molecule has 2 aromatic rings. The van der Waals surface area contributed by atoms with Crippen LogP contribution in [-0.2, 0) is 9.59 Å².